The van der Waals surface area contributed by atoms with Gasteiger partial charge in [0.15, 0.2) is 0 Å². The van der Waals surface area contributed by atoms with E-state index in [1.54, 1.807) is 0 Å². The van der Waals surface area contributed by atoms with Gasteiger partial charge in [0.1, 0.15) is 5.78 Å². The maximum Gasteiger partial charge on any atom is 0.140 e. The standard InChI is InChI=1S/C9H15NO/c11-9(7-2-1-3-7)8-4-5-10-6-8/h7-8,10H,1-6H2/t8-/m0/s1. The van der Waals surface area contributed by atoms with E-state index in [0.29, 0.717) is 17.6 Å². The Balaban J connectivity index is 1.87. The number of rotatable bonds is 2. The summed E-state index contributed by atoms with van der Waals surface area (Å²) in [7, 11) is 0. The molecule has 0 aromatic rings. The largest absolute Gasteiger partial charge is 0.316 e. The molecule has 1 aliphatic heterocycles. The zero-order valence-corrected chi connectivity index (χ0v) is 6.81. The molecule has 62 valence electrons. The molecule has 1 aliphatic carbocycles. The monoisotopic (exact) mass is 153 g/mol. The molecule has 11 heavy (non-hydrogen) atoms. The normalized spacial score (nSPS) is 31.8. The Kier molecular flexibility index (Phi) is 1.95. The summed E-state index contributed by atoms with van der Waals surface area (Å²) in [6.45, 7) is 1.98. The average molecular weight is 153 g/mol. The fourth-order valence-electron chi connectivity index (χ4n) is 1.92. The van der Waals surface area contributed by atoms with Gasteiger partial charge in [-0.15, -0.1) is 0 Å². The molecule has 0 aromatic carbocycles. The molecule has 1 heterocycles. The average Bonchev–Trinajstić information content (AvgIpc) is 2.32. The quantitative estimate of drug-likeness (QED) is 0.640. The van der Waals surface area contributed by atoms with Crippen LogP contribution in [0.1, 0.15) is 25.7 Å². The first kappa shape index (κ1) is 7.29. The summed E-state index contributed by atoms with van der Waals surface area (Å²) < 4.78 is 0. The molecule has 0 amide bonds. The Hall–Kier alpha value is -0.370. The van der Waals surface area contributed by atoms with Gasteiger partial charge in [-0.05, 0) is 25.8 Å². The van der Waals surface area contributed by atoms with Gasteiger partial charge in [-0.25, -0.2) is 0 Å². The highest BCUT2D eigenvalue weighted by atomic mass is 16.1. The highest BCUT2D eigenvalue weighted by Crippen LogP contribution is 2.30. The Morgan fingerprint density at radius 2 is 2.00 bits per heavy atom. The van der Waals surface area contributed by atoms with E-state index < -0.39 is 0 Å². The molecule has 2 heteroatoms. The van der Waals surface area contributed by atoms with Gasteiger partial charge in [0.05, 0.1) is 0 Å². The van der Waals surface area contributed by atoms with Crippen LogP contribution in [-0.2, 0) is 4.79 Å². The summed E-state index contributed by atoms with van der Waals surface area (Å²) in [6.07, 6.45) is 4.68. The van der Waals surface area contributed by atoms with Crippen molar-refractivity contribution in [3.05, 3.63) is 0 Å². The second kappa shape index (κ2) is 2.94. The smallest absolute Gasteiger partial charge is 0.140 e. The summed E-state index contributed by atoms with van der Waals surface area (Å²) >= 11 is 0. The molecular formula is C9H15NO. The molecule has 0 aromatic heterocycles. The number of nitrogens with one attached hydrogen (secondary N) is 1. The minimum absolute atomic E-state index is 0.361. The minimum atomic E-state index is 0.361. The number of Topliss-reactive ketones (excluding diaryl/α,β-unsaturated/α-hetero) is 1. The van der Waals surface area contributed by atoms with Crippen LogP contribution in [0.3, 0.4) is 0 Å². The zero-order valence-electron chi connectivity index (χ0n) is 6.81. The first-order valence-corrected chi connectivity index (χ1v) is 4.62. The molecule has 1 saturated heterocycles. The molecule has 1 N–H and O–H groups in total. The van der Waals surface area contributed by atoms with E-state index in [9.17, 15) is 4.79 Å². The van der Waals surface area contributed by atoms with Gasteiger partial charge in [0.2, 0.25) is 0 Å². The van der Waals surface area contributed by atoms with Gasteiger partial charge in [0, 0.05) is 18.4 Å². The summed E-state index contributed by atoms with van der Waals surface area (Å²) in [5.74, 6) is 1.35. The lowest BCUT2D eigenvalue weighted by atomic mass is 9.78. The number of hydrogen-bond acceptors (Lipinski definition) is 2. The first-order valence-electron chi connectivity index (χ1n) is 4.62. The second-order valence-electron chi connectivity index (χ2n) is 3.72. The van der Waals surface area contributed by atoms with Crippen molar-refractivity contribution in [1.82, 2.24) is 5.32 Å². The first-order chi connectivity index (χ1) is 5.38. The molecule has 0 radical (unpaired) electrons. The summed E-state index contributed by atoms with van der Waals surface area (Å²) in [5, 5.41) is 3.24. The molecule has 0 unspecified atom stereocenters. The van der Waals surface area contributed by atoms with E-state index in [1.807, 2.05) is 0 Å². The van der Waals surface area contributed by atoms with Crippen molar-refractivity contribution in [3.63, 3.8) is 0 Å². The third-order valence-corrected chi connectivity index (χ3v) is 2.97. The van der Waals surface area contributed by atoms with Crippen LogP contribution in [0.4, 0.5) is 0 Å². The van der Waals surface area contributed by atoms with Gasteiger partial charge in [0.25, 0.3) is 0 Å². The Bertz CT molecular complexity index is 157. The molecule has 2 fully saturated rings. The van der Waals surface area contributed by atoms with Crippen LogP contribution < -0.4 is 5.32 Å². The van der Waals surface area contributed by atoms with Crippen LogP contribution in [0.2, 0.25) is 0 Å². The third kappa shape index (κ3) is 1.32. The molecule has 0 spiro atoms. The van der Waals surface area contributed by atoms with Crippen molar-refractivity contribution >= 4 is 5.78 Å². The SMILES string of the molecule is O=C(C1CCC1)[C@H]1CCNC1. The van der Waals surface area contributed by atoms with E-state index in [4.69, 9.17) is 0 Å². The van der Waals surface area contributed by atoms with Crippen LogP contribution in [0.25, 0.3) is 0 Å². The summed E-state index contributed by atoms with van der Waals surface area (Å²) in [4.78, 5) is 11.6. The number of hydrogen-bond donors (Lipinski definition) is 1. The maximum atomic E-state index is 11.6. The fraction of sp³-hybridized carbons (Fsp3) is 0.889. The summed E-state index contributed by atoms with van der Waals surface area (Å²) in [5.41, 5.74) is 0. The molecule has 1 saturated carbocycles. The molecule has 1 atom stereocenters. The van der Waals surface area contributed by atoms with Crippen molar-refractivity contribution in [3.8, 4) is 0 Å². The number of carbonyl (C=O) groups is 1. The lowest BCUT2D eigenvalue weighted by Crippen LogP contribution is -2.29. The topological polar surface area (TPSA) is 29.1 Å². The predicted octanol–water partition coefficient (Wildman–Crippen LogP) is 0.965. The van der Waals surface area contributed by atoms with Gasteiger partial charge in [-0.3, -0.25) is 4.79 Å². The van der Waals surface area contributed by atoms with E-state index in [0.717, 1.165) is 32.4 Å². The van der Waals surface area contributed by atoms with Gasteiger partial charge < -0.3 is 5.32 Å². The zero-order chi connectivity index (χ0) is 7.68. The Labute approximate surface area is 67.4 Å². The Morgan fingerprint density at radius 3 is 2.45 bits per heavy atom. The van der Waals surface area contributed by atoms with E-state index in [-0.39, 0.29) is 0 Å². The molecule has 0 bridgehead atoms. The highest BCUT2D eigenvalue weighted by molar-refractivity contribution is 5.84. The Morgan fingerprint density at radius 1 is 1.18 bits per heavy atom. The van der Waals surface area contributed by atoms with Gasteiger partial charge >= 0.3 is 0 Å². The van der Waals surface area contributed by atoms with E-state index >= 15 is 0 Å². The predicted molar refractivity (Wildman–Crippen MR) is 43.3 cm³/mol. The minimum Gasteiger partial charge on any atom is -0.316 e. The van der Waals surface area contributed by atoms with Crippen molar-refractivity contribution in [1.29, 1.82) is 0 Å². The lowest BCUT2D eigenvalue weighted by molar-refractivity contribution is -0.128. The van der Waals surface area contributed by atoms with Crippen molar-refractivity contribution < 1.29 is 4.79 Å². The molecular weight excluding hydrogens is 138 g/mol. The lowest BCUT2D eigenvalue weighted by Gasteiger charge is -2.26. The van der Waals surface area contributed by atoms with Crippen LogP contribution in [-0.4, -0.2) is 18.9 Å². The van der Waals surface area contributed by atoms with E-state index in [1.165, 1.54) is 6.42 Å². The number of carbonyl (C=O) groups excluding carboxylic acids is 1. The van der Waals surface area contributed by atoms with E-state index in [2.05, 4.69) is 5.32 Å². The van der Waals surface area contributed by atoms with Gasteiger partial charge in [-0.1, -0.05) is 6.42 Å². The molecule has 2 rings (SSSR count). The summed E-state index contributed by atoms with van der Waals surface area (Å²) in [6, 6.07) is 0. The third-order valence-electron chi connectivity index (χ3n) is 2.97. The second-order valence-corrected chi connectivity index (χ2v) is 3.72. The maximum absolute atomic E-state index is 11.6. The van der Waals surface area contributed by atoms with Crippen LogP contribution in [0, 0.1) is 11.8 Å². The van der Waals surface area contributed by atoms with Crippen molar-refractivity contribution in [2.24, 2.45) is 11.8 Å². The number of ketones is 1. The highest BCUT2D eigenvalue weighted by Gasteiger charge is 2.32. The fourth-order valence-corrected chi connectivity index (χ4v) is 1.92. The van der Waals surface area contributed by atoms with Crippen molar-refractivity contribution in [2.45, 2.75) is 25.7 Å². The molecule has 2 aliphatic rings. The van der Waals surface area contributed by atoms with Crippen LogP contribution in [0.15, 0.2) is 0 Å². The van der Waals surface area contributed by atoms with Gasteiger partial charge in [-0.2, -0.15) is 0 Å². The van der Waals surface area contributed by atoms with Crippen molar-refractivity contribution in [2.75, 3.05) is 13.1 Å². The molecule has 2 nitrogen and oxygen atoms in total. The van der Waals surface area contributed by atoms with Crippen LogP contribution >= 0.6 is 0 Å². The van der Waals surface area contributed by atoms with Crippen LogP contribution in [0.5, 0.6) is 0 Å².